The maximum Gasteiger partial charge on any atom is 0.237 e. The summed E-state index contributed by atoms with van der Waals surface area (Å²) in [5.74, 6) is 0.226. The van der Waals surface area contributed by atoms with Crippen LogP contribution >= 0.6 is 11.8 Å². The lowest BCUT2D eigenvalue weighted by atomic mass is 10.1. The Labute approximate surface area is 117 Å². The first-order chi connectivity index (χ1) is 8.93. The van der Waals surface area contributed by atoms with Gasteiger partial charge >= 0.3 is 0 Å². The average molecular weight is 284 g/mol. The van der Waals surface area contributed by atoms with Crippen LogP contribution in [0.4, 0.5) is 0 Å². The van der Waals surface area contributed by atoms with E-state index in [1.165, 1.54) is 12.1 Å². The van der Waals surface area contributed by atoms with E-state index < -0.39 is 6.04 Å². The Balaban J connectivity index is 2.56. The van der Waals surface area contributed by atoms with Crippen molar-refractivity contribution in [1.29, 1.82) is 0 Å². The molecule has 5 N–H and O–H groups in total. The van der Waals surface area contributed by atoms with Crippen LogP contribution in [-0.2, 0) is 11.2 Å². The van der Waals surface area contributed by atoms with Gasteiger partial charge in [0.05, 0.1) is 6.04 Å². The summed E-state index contributed by atoms with van der Waals surface area (Å²) in [5, 5.41) is 21.4. The highest BCUT2D eigenvalue weighted by atomic mass is 32.2. The van der Waals surface area contributed by atoms with E-state index in [1.54, 1.807) is 17.8 Å². The third-order valence-corrected chi connectivity index (χ3v) is 3.47. The molecule has 19 heavy (non-hydrogen) atoms. The third kappa shape index (κ3) is 5.00. The molecule has 1 aromatic rings. The molecule has 0 spiro atoms. The van der Waals surface area contributed by atoms with Crippen molar-refractivity contribution in [3.8, 4) is 11.5 Å². The van der Waals surface area contributed by atoms with Crippen LogP contribution in [0.5, 0.6) is 11.5 Å². The zero-order valence-electron chi connectivity index (χ0n) is 11.1. The SMILES string of the molecule is CSCC(C)NC(=O)[C@@H](N)Cc1ccc(O)c(O)c1. The van der Waals surface area contributed by atoms with Crippen molar-refractivity contribution in [2.24, 2.45) is 5.73 Å². The number of carbonyl (C=O) groups is 1. The van der Waals surface area contributed by atoms with Crippen molar-refractivity contribution in [2.75, 3.05) is 12.0 Å². The van der Waals surface area contributed by atoms with Gasteiger partial charge in [0, 0.05) is 11.8 Å². The van der Waals surface area contributed by atoms with Gasteiger partial charge in [0.25, 0.3) is 0 Å². The molecule has 0 radical (unpaired) electrons. The second-order valence-corrected chi connectivity index (χ2v) is 5.41. The molecule has 1 aromatic carbocycles. The van der Waals surface area contributed by atoms with Crippen molar-refractivity contribution < 1.29 is 15.0 Å². The molecular weight excluding hydrogens is 264 g/mol. The molecule has 0 aliphatic rings. The summed E-state index contributed by atoms with van der Waals surface area (Å²) in [6.45, 7) is 1.92. The minimum Gasteiger partial charge on any atom is -0.504 e. The van der Waals surface area contributed by atoms with E-state index in [0.29, 0.717) is 12.0 Å². The van der Waals surface area contributed by atoms with Gasteiger partial charge in [-0.2, -0.15) is 11.8 Å². The summed E-state index contributed by atoms with van der Waals surface area (Å²) < 4.78 is 0. The predicted molar refractivity (Wildman–Crippen MR) is 77.4 cm³/mol. The number of carbonyl (C=O) groups excluding carboxylic acids is 1. The van der Waals surface area contributed by atoms with Gasteiger partial charge in [-0.15, -0.1) is 0 Å². The number of hydrogen-bond acceptors (Lipinski definition) is 5. The number of hydrogen-bond donors (Lipinski definition) is 4. The second kappa shape index (κ2) is 7.25. The van der Waals surface area contributed by atoms with Crippen LogP contribution < -0.4 is 11.1 Å². The number of aromatic hydroxyl groups is 2. The van der Waals surface area contributed by atoms with E-state index in [1.807, 2.05) is 13.2 Å². The molecular formula is C13H20N2O3S. The van der Waals surface area contributed by atoms with Crippen LogP contribution in [0.25, 0.3) is 0 Å². The molecule has 0 fully saturated rings. The molecule has 0 aliphatic carbocycles. The number of nitrogens with one attached hydrogen (secondary N) is 1. The minimum absolute atomic E-state index is 0.0711. The zero-order chi connectivity index (χ0) is 14.4. The zero-order valence-corrected chi connectivity index (χ0v) is 11.9. The first-order valence-electron chi connectivity index (χ1n) is 5.99. The van der Waals surface area contributed by atoms with E-state index in [-0.39, 0.29) is 23.4 Å². The number of rotatable bonds is 6. The molecule has 106 valence electrons. The summed E-state index contributed by atoms with van der Waals surface area (Å²) in [6, 6.07) is 3.82. The third-order valence-electron chi connectivity index (χ3n) is 2.64. The number of thioether (sulfide) groups is 1. The van der Waals surface area contributed by atoms with Crippen molar-refractivity contribution in [3.05, 3.63) is 23.8 Å². The molecule has 0 saturated carbocycles. The predicted octanol–water partition coefficient (Wildman–Crippen LogP) is 0.835. The van der Waals surface area contributed by atoms with Gasteiger partial charge in [-0.1, -0.05) is 6.07 Å². The van der Waals surface area contributed by atoms with Crippen molar-refractivity contribution in [1.82, 2.24) is 5.32 Å². The van der Waals surface area contributed by atoms with Crippen molar-refractivity contribution >= 4 is 17.7 Å². The summed E-state index contributed by atoms with van der Waals surface area (Å²) in [7, 11) is 0. The monoisotopic (exact) mass is 284 g/mol. The van der Waals surface area contributed by atoms with E-state index >= 15 is 0 Å². The highest BCUT2D eigenvalue weighted by Crippen LogP contribution is 2.25. The Kier molecular flexibility index (Phi) is 5.98. The molecule has 1 unspecified atom stereocenters. The molecule has 1 rings (SSSR count). The highest BCUT2D eigenvalue weighted by molar-refractivity contribution is 7.98. The smallest absolute Gasteiger partial charge is 0.237 e. The van der Waals surface area contributed by atoms with Crippen LogP contribution in [0.2, 0.25) is 0 Å². The lowest BCUT2D eigenvalue weighted by Gasteiger charge is -2.17. The van der Waals surface area contributed by atoms with E-state index in [9.17, 15) is 15.0 Å². The van der Waals surface area contributed by atoms with Crippen LogP contribution in [-0.4, -0.2) is 40.2 Å². The molecule has 0 bridgehead atoms. The summed E-state index contributed by atoms with van der Waals surface area (Å²) in [4.78, 5) is 11.8. The summed E-state index contributed by atoms with van der Waals surface area (Å²) in [5.41, 5.74) is 6.52. The maximum atomic E-state index is 11.8. The normalized spacial score (nSPS) is 13.8. The number of phenolic OH excluding ortho intramolecular Hbond substituents is 2. The molecule has 1 amide bonds. The quantitative estimate of drug-likeness (QED) is 0.581. The maximum absolute atomic E-state index is 11.8. The second-order valence-electron chi connectivity index (χ2n) is 4.50. The molecule has 0 aliphatic heterocycles. The number of nitrogens with two attached hydrogens (primary N) is 1. The highest BCUT2D eigenvalue weighted by Gasteiger charge is 2.16. The Hall–Kier alpha value is -1.40. The summed E-state index contributed by atoms with van der Waals surface area (Å²) in [6.07, 6.45) is 2.29. The van der Waals surface area contributed by atoms with Gasteiger partial charge in [-0.3, -0.25) is 4.79 Å². The van der Waals surface area contributed by atoms with Crippen LogP contribution in [0.3, 0.4) is 0 Å². The molecule has 0 aromatic heterocycles. The Bertz CT molecular complexity index is 440. The molecule has 5 nitrogen and oxygen atoms in total. The Morgan fingerprint density at radius 3 is 2.68 bits per heavy atom. The standard InChI is InChI=1S/C13H20N2O3S/c1-8(7-19-2)15-13(18)10(14)5-9-3-4-11(16)12(17)6-9/h3-4,6,8,10,16-17H,5,7,14H2,1-2H3,(H,15,18)/t8?,10-/m0/s1. The van der Waals surface area contributed by atoms with Crippen LogP contribution in [0.1, 0.15) is 12.5 Å². The van der Waals surface area contributed by atoms with E-state index in [4.69, 9.17) is 5.73 Å². The van der Waals surface area contributed by atoms with Crippen molar-refractivity contribution in [2.45, 2.75) is 25.4 Å². The van der Waals surface area contributed by atoms with E-state index in [2.05, 4.69) is 5.32 Å². The molecule has 0 heterocycles. The fourth-order valence-corrected chi connectivity index (χ4v) is 2.27. The summed E-state index contributed by atoms with van der Waals surface area (Å²) >= 11 is 1.65. The Morgan fingerprint density at radius 2 is 2.11 bits per heavy atom. The van der Waals surface area contributed by atoms with E-state index in [0.717, 1.165) is 5.75 Å². The van der Waals surface area contributed by atoms with Gasteiger partial charge < -0.3 is 21.3 Å². The Morgan fingerprint density at radius 1 is 1.42 bits per heavy atom. The molecule has 6 heteroatoms. The largest absolute Gasteiger partial charge is 0.504 e. The molecule has 2 atom stereocenters. The molecule has 0 saturated heterocycles. The topological polar surface area (TPSA) is 95.6 Å². The lowest BCUT2D eigenvalue weighted by Crippen LogP contribution is -2.46. The van der Waals surface area contributed by atoms with Gasteiger partial charge in [0.1, 0.15) is 0 Å². The van der Waals surface area contributed by atoms with Crippen LogP contribution in [0, 0.1) is 0 Å². The van der Waals surface area contributed by atoms with Gasteiger partial charge in [0.15, 0.2) is 11.5 Å². The van der Waals surface area contributed by atoms with Gasteiger partial charge in [-0.05, 0) is 37.3 Å². The van der Waals surface area contributed by atoms with Gasteiger partial charge in [0.2, 0.25) is 5.91 Å². The fraction of sp³-hybridized carbons (Fsp3) is 0.462. The van der Waals surface area contributed by atoms with Gasteiger partial charge in [-0.25, -0.2) is 0 Å². The fourth-order valence-electron chi connectivity index (χ4n) is 1.68. The number of phenols is 2. The first-order valence-corrected chi connectivity index (χ1v) is 7.39. The number of benzene rings is 1. The first kappa shape index (κ1) is 15.7. The van der Waals surface area contributed by atoms with Crippen LogP contribution in [0.15, 0.2) is 18.2 Å². The minimum atomic E-state index is -0.673. The number of amides is 1. The van der Waals surface area contributed by atoms with Crippen molar-refractivity contribution in [3.63, 3.8) is 0 Å². The average Bonchev–Trinajstić information content (AvgIpc) is 2.34. The lowest BCUT2D eigenvalue weighted by molar-refractivity contribution is -0.122.